The molecule has 1 amide bonds. The first-order chi connectivity index (χ1) is 13.2. The van der Waals surface area contributed by atoms with Gasteiger partial charge in [-0.2, -0.15) is 0 Å². The molecule has 8 nitrogen and oxygen atoms in total. The predicted octanol–water partition coefficient (Wildman–Crippen LogP) is 3.10. The lowest BCUT2D eigenvalue weighted by atomic mass is 9.97. The fourth-order valence-electron chi connectivity index (χ4n) is 3.11. The number of esters is 1. The lowest BCUT2D eigenvalue weighted by Crippen LogP contribution is -2.49. The van der Waals surface area contributed by atoms with E-state index in [1.54, 1.807) is 11.9 Å². The highest BCUT2D eigenvalue weighted by Crippen LogP contribution is 2.18. The number of likely N-dealkylation sites (tertiary alicyclic amines) is 1. The van der Waals surface area contributed by atoms with E-state index in [1.165, 1.54) is 0 Å². The molecule has 170 valence electrons. The van der Waals surface area contributed by atoms with Crippen LogP contribution in [0.1, 0.15) is 53.9 Å². The Kier molecular flexibility index (Phi) is 13.3. The Morgan fingerprint density at radius 3 is 2.28 bits per heavy atom. The van der Waals surface area contributed by atoms with Crippen molar-refractivity contribution in [2.75, 3.05) is 46.4 Å². The average molecular weight is 526 g/mol. The minimum atomic E-state index is -0.504. The highest BCUT2D eigenvalue weighted by Gasteiger charge is 2.27. The molecule has 0 aromatic rings. The van der Waals surface area contributed by atoms with Gasteiger partial charge in [0.15, 0.2) is 5.96 Å². The van der Waals surface area contributed by atoms with Gasteiger partial charge in [-0.1, -0.05) is 6.92 Å². The molecule has 1 N–H and O–H groups in total. The van der Waals surface area contributed by atoms with Crippen LogP contribution in [0.25, 0.3) is 0 Å². The van der Waals surface area contributed by atoms with Gasteiger partial charge in [0.1, 0.15) is 5.60 Å². The van der Waals surface area contributed by atoms with Crippen molar-refractivity contribution in [2.45, 2.75) is 59.5 Å². The highest BCUT2D eigenvalue weighted by atomic mass is 127. The van der Waals surface area contributed by atoms with Gasteiger partial charge in [0, 0.05) is 39.8 Å². The summed E-state index contributed by atoms with van der Waals surface area (Å²) >= 11 is 0. The van der Waals surface area contributed by atoms with E-state index in [9.17, 15) is 9.59 Å². The van der Waals surface area contributed by atoms with Crippen LogP contribution in [0.15, 0.2) is 4.99 Å². The Morgan fingerprint density at radius 1 is 1.17 bits per heavy atom. The van der Waals surface area contributed by atoms with Gasteiger partial charge in [-0.15, -0.1) is 24.0 Å². The van der Waals surface area contributed by atoms with Gasteiger partial charge in [-0.05, 0) is 47.0 Å². The van der Waals surface area contributed by atoms with Crippen LogP contribution in [0.5, 0.6) is 0 Å². The molecular formula is C20H39IN4O4. The summed E-state index contributed by atoms with van der Waals surface area (Å²) in [6.07, 6.45) is 2.11. The summed E-state index contributed by atoms with van der Waals surface area (Å²) in [4.78, 5) is 32.4. The van der Waals surface area contributed by atoms with E-state index in [1.807, 2.05) is 34.6 Å². The third kappa shape index (κ3) is 10.4. The number of nitrogens with one attached hydrogen (secondary N) is 1. The fourth-order valence-corrected chi connectivity index (χ4v) is 3.11. The van der Waals surface area contributed by atoms with Crippen LogP contribution < -0.4 is 5.32 Å². The van der Waals surface area contributed by atoms with Crippen LogP contribution in [-0.4, -0.2) is 79.8 Å². The zero-order valence-electron chi connectivity index (χ0n) is 18.8. The topological polar surface area (TPSA) is 83.5 Å². The number of ether oxygens (including phenoxy) is 2. The van der Waals surface area contributed by atoms with Crippen LogP contribution >= 0.6 is 24.0 Å². The van der Waals surface area contributed by atoms with Crippen LogP contribution in [0, 0.1) is 5.92 Å². The zero-order chi connectivity index (χ0) is 21.2. The molecule has 1 aliphatic rings. The molecule has 1 fully saturated rings. The number of carbonyl (C=O) groups excluding carboxylic acids is 2. The van der Waals surface area contributed by atoms with Crippen molar-refractivity contribution >= 4 is 42.0 Å². The van der Waals surface area contributed by atoms with E-state index < -0.39 is 5.60 Å². The molecule has 9 heteroatoms. The molecule has 0 aliphatic carbocycles. The molecular weight excluding hydrogens is 487 g/mol. The summed E-state index contributed by atoms with van der Waals surface area (Å²) in [5, 5.41) is 3.33. The number of hydrogen-bond donors (Lipinski definition) is 1. The van der Waals surface area contributed by atoms with E-state index in [0.29, 0.717) is 26.2 Å². The van der Waals surface area contributed by atoms with Crippen molar-refractivity contribution in [1.29, 1.82) is 0 Å². The Bertz CT molecular complexity index is 529. The quantitative estimate of drug-likeness (QED) is 0.238. The van der Waals surface area contributed by atoms with Crippen molar-refractivity contribution in [3.63, 3.8) is 0 Å². The van der Waals surface area contributed by atoms with Crippen LogP contribution in [-0.2, 0) is 14.3 Å². The Morgan fingerprint density at radius 2 is 1.79 bits per heavy atom. The number of halogens is 1. The lowest BCUT2D eigenvalue weighted by molar-refractivity contribution is -0.149. The fraction of sp³-hybridized carbons (Fsp3) is 0.850. The molecule has 0 unspecified atom stereocenters. The highest BCUT2D eigenvalue weighted by molar-refractivity contribution is 14.0. The summed E-state index contributed by atoms with van der Waals surface area (Å²) in [6, 6.07) is 0. The first-order valence-corrected chi connectivity index (χ1v) is 10.3. The van der Waals surface area contributed by atoms with Gasteiger partial charge in [-0.3, -0.25) is 9.79 Å². The minimum absolute atomic E-state index is 0. The molecule has 0 spiro atoms. The Balaban J connectivity index is 0.00000784. The van der Waals surface area contributed by atoms with Gasteiger partial charge in [0.2, 0.25) is 0 Å². The van der Waals surface area contributed by atoms with Crippen molar-refractivity contribution in [3.8, 4) is 0 Å². The summed E-state index contributed by atoms with van der Waals surface area (Å²) in [5.74, 6) is 0.669. The van der Waals surface area contributed by atoms with E-state index in [4.69, 9.17) is 9.47 Å². The summed E-state index contributed by atoms with van der Waals surface area (Å²) in [7, 11) is 1.75. The van der Waals surface area contributed by atoms with Crippen LogP contribution in [0.2, 0.25) is 0 Å². The molecule has 0 bridgehead atoms. The summed E-state index contributed by atoms with van der Waals surface area (Å²) in [5.41, 5.74) is -0.504. The number of nitrogens with zero attached hydrogens (tertiary/aromatic N) is 3. The molecule has 1 saturated heterocycles. The van der Waals surface area contributed by atoms with Gasteiger partial charge in [0.05, 0.1) is 12.5 Å². The maximum absolute atomic E-state index is 12.3. The van der Waals surface area contributed by atoms with Crippen molar-refractivity contribution in [1.82, 2.24) is 15.1 Å². The smallest absolute Gasteiger partial charge is 0.410 e. The van der Waals surface area contributed by atoms with E-state index in [-0.39, 0.29) is 42.0 Å². The molecule has 1 aliphatic heterocycles. The molecule has 0 radical (unpaired) electrons. The zero-order valence-corrected chi connectivity index (χ0v) is 21.2. The standard InChI is InChI=1S/C20H38N4O4.HI/c1-7-12-24(19(26)28-20(3,4)5)15-11-22-18(21-6)23-13-9-16(10-14-23)17(25)27-8-2;/h16H,7-15H2,1-6H3,(H,21,22);1H. The second-order valence-corrected chi connectivity index (χ2v) is 7.95. The minimum Gasteiger partial charge on any atom is -0.466 e. The van der Waals surface area contributed by atoms with Gasteiger partial charge in [-0.25, -0.2) is 4.79 Å². The number of piperidine rings is 1. The first-order valence-electron chi connectivity index (χ1n) is 10.3. The Labute approximate surface area is 192 Å². The van der Waals surface area contributed by atoms with E-state index in [2.05, 4.69) is 15.2 Å². The third-order valence-electron chi connectivity index (χ3n) is 4.44. The maximum atomic E-state index is 12.3. The van der Waals surface area contributed by atoms with E-state index in [0.717, 1.165) is 38.3 Å². The molecule has 1 rings (SSSR count). The third-order valence-corrected chi connectivity index (χ3v) is 4.44. The Hall–Kier alpha value is -1.26. The monoisotopic (exact) mass is 526 g/mol. The number of amides is 1. The van der Waals surface area contributed by atoms with Gasteiger partial charge >= 0.3 is 12.1 Å². The van der Waals surface area contributed by atoms with Crippen LogP contribution in [0.4, 0.5) is 4.79 Å². The van der Waals surface area contributed by atoms with Crippen molar-refractivity contribution < 1.29 is 19.1 Å². The lowest BCUT2D eigenvalue weighted by Gasteiger charge is -2.33. The molecule has 0 saturated carbocycles. The number of hydrogen-bond acceptors (Lipinski definition) is 5. The van der Waals surface area contributed by atoms with Crippen molar-refractivity contribution in [2.24, 2.45) is 10.9 Å². The van der Waals surface area contributed by atoms with Crippen molar-refractivity contribution in [3.05, 3.63) is 0 Å². The molecule has 0 aromatic heterocycles. The summed E-state index contributed by atoms with van der Waals surface area (Å²) < 4.78 is 10.6. The average Bonchev–Trinajstić information content (AvgIpc) is 2.63. The van der Waals surface area contributed by atoms with Crippen LogP contribution in [0.3, 0.4) is 0 Å². The molecule has 29 heavy (non-hydrogen) atoms. The molecule has 1 heterocycles. The number of rotatable bonds is 7. The summed E-state index contributed by atoms with van der Waals surface area (Å²) in [6.45, 7) is 13.2. The van der Waals surface area contributed by atoms with E-state index >= 15 is 0 Å². The first kappa shape index (κ1) is 27.7. The normalized spacial score (nSPS) is 15.4. The van der Waals surface area contributed by atoms with Gasteiger partial charge < -0.3 is 24.6 Å². The number of guanidine groups is 1. The number of aliphatic imine (C=N–C) groups is 1. The largest absolute Gasteiger partial charge is 0.466 e. The van der Waals surface area contributed by atoms with Gasteiger partial charge in [0.25, 0.3) is 0 Å². The second-order valence-electron chi connectivity index (χ2n) is 7.95. The number of carbonyl (C=O) groups is 2. The SMILES string of the molecule is CCCN(CCNC(=NC)N1CCC(C(=O)OCC)CC1)C(=O)OC(C)(C)C.I. The molecule has 0 atom stereocenters. The maximum Gasteiger partial charge on any atom is 0.410 e. The predicted molar refractivity (Wildman–Crippen MR) is 126 cm³/mol. The molecule has 0 aromatic carbocycles. The second kappa shape index (κ2) is 13.9.